The maximum Gasteiger partial charge on any atom is 0.354 e. The SMILES string of the molecule is CCN1C(=O)C(=C(C(=O)O)N2CSCC2=O)SC1=S. The van der Waals surface area contributed by atoms with Crippen LogP contribution in [-0.4, -0.2) is 55.2 Å². The number of hydrogen-bond donors (Lipinski definition) is 1. The van der Waals surface area contributed by atoms with Crippen LogP contribution in [0.2, 0.25) is 0 Å². The summed E-state index contributed by atoms with van der Waals surface area (Å²) < 4.78 is 0.320. The number of nitrogens with zero attached hydrogens (tertiary/aromatic N) is 2. The normalized spacial score (nSPS) is 22.5. The molecular formula is C10H10N2O4S3. The topological polar surface area (TPSA) is 77.9 Å². The molecule has 0 unspecified atom stereocenters. The van der Waals surface area contributed by atoms with E-state index >= 15 is 0 Å². The van der Waals surface area contributed by atoms with E-state index < -0.39 is 11.9 Å². The number of hydrogen-bond acceptors (Lipinski definition) is 6. The number of aliphatic carboxylic acids is 1. The molecule has 2 amide bonds. The molecule has 2 fully saturated rings. The fraction of sp³-hybridized carbons (Fsp3) is 0.400. The van der Waals surface area contributed by atoms with Crippen LogP contribution in [0.1, 0.15) is 6.92 Å². The molecule has 0 saturated carbocycles. The fourth-order valence-corrected chi connectivity index (χ4v) is 4.04. The average Bonchev–Trinajstić information content (AvgIpc) is 2.86. The summed E-state index contributed by atoms with van der Waals surface area (Å²) in [5.74, 6) is -1.56. The molecular weight excluding hydrogens is 308 g/mol. The van der Waals surface area contributed by atoms with E-state index in [0.29, 0.717) is 10.9 Å². The molecule has 2 aliphatic rings. The first-order valence-corrected chi connectivity index (χ1v) is 7.74. The minimum absolute atomic E-state index is 0.0233. The van der Waals surface area contributed by atoms with Crippen molar-refractivity contribution in [1.82, 2.24) is 9.80 Å². The number of amides is 2. The fourth-order valence-electron chi connectivity index (χ4n) is 1.71. The van der Waals surface area contributed by atoms with Gasteiger partial charge >= 0.3 is 5.97 Å². The lowest BCUT2D eigenvalue weighted by molar-refractivity contribution is -0.138. The number of rotatable bonds is 3. The Balaban J connectivity index is 2.46. The Labute approximate surface area is 123 Å². The number of carboxylic acid groups (broad SMARTS) is 1. The second-order valence-electron chi connectivity index (χ2n) is 3.70. The summed E-state index contributed by atoms with van der Waals surface area (Å²) >= 11 is 7.29. The molecule has 0 aromatic rings. The molecule has 1 N–H and O–H groups in total. The van der Waals surface area contributed by atoms with Crippen LogP contribution in [-0.2, 0) is 14.4 Å². The van der Waals surface area contributed by atoms with Crippen LogP contribution in [0.3, 0.4) is 0 Å². The van der Waals surface area contributed by atoms with Crippen LogP contribution in [0.15, 0.2) is 10.6 Å². The summed E-state index contributed by atoms with van der Waals surface area (Å²) in [5.41, 5.74) is -0.261. The molecule has 0 bridgehead atoms. The third-order valence-corrected chi connectivity index (χ3v) is 4.93. The summed E-state index contributed by atoms with van der Waals surface area (Å²) in [6, 6.07) is 0. The number of carbonyl (C=O) groups excluding carboxylic acids is 2. The Morgan fingerprint density at radius 3 is 2.58 bits per heavy atom. The maximum atomic E-state index is 12.1. The van der Waals surface area contributed by atoms with Crippen LogP contribution in [0, 0.1) is 0 Å². The van der Waals surface area contributed by atoms with Gasteiger partial charge < -0.3 is 5.11 Å². The van der Waals surface area contributed by atoms with E-state index in [9.17, 15) is 19.5 Å². The Bertz CT molecular complexity index is 517. The van der Waals surface area contributed by atoms with E-state index in [1.54, 1.807) is 6.92 Å². The van der Waals surface area contributed by atoms with E-state index in [0.717, 1.165) is 16.7 Å². The van der Waals surface area contributed by atoms with E-state index in [1.807, 2.05) is 0 Å². The van der Waals surface area contributed by atoms with Crippen LogP contribution >= 0.6 is 35.7 Å². The van der Waals surface area contributed by atoms with Gasteiger partial charge in [0, 0.05) is 6.54 Å². The molecule has 0 atom stereocenters. The van der Waals surface area contributed by atoms with Crippen molar-refractivity contribution in [1.29, 1.82) is 0 Å². The third kappa shape index (κ3) is 2.49. The zero-order valence-corrected chi connectivity index (χ0v) is 12.4. The van der Waals surface area contributed by atoms with E-state index in [1.165, 1.54) is 16.7 Å². The average molecular weight is 318 g/mol. The third-order valence-electron chi connectivity index (χ3n) is 2.60. The quantitative estimate of drug-likeness (QED) is 0.606. The van der Waals surface area contributed by atoms with Crippen molar-refractivity contribution in [3.05, 3.63) is 10.6 Å². The predicted molar refractivity (Wildman–Crippen MR) is 76.4 cm³/mol. The van der Waals surface area contributed by atoms with Gasteiger partial charge in [0.05, 0.1) is 11.6 Å². The number of likely N-dealkylation sites (N-methyl/N-ethyl adjacent to an activating group) is 1. The summed E-state index contributed by atoms with van der Waals surface area (Å²) in [6.07, 6.45) is 0. The molecule has 2 rings (SSSR count). The molecule has 0 aliphatic carbocycles. The second kappa shape index (κ2) is 5.51. The molecule has 2 saturated heterocycles. The molecule has 19 heavy (non-hydrogen) atoms. The monoisotopic (exact) mass is 318 g/mol. The van der Waals surface area contributed by atoms with Gasteiger partial charge in [-0.1, -0.05) is 24.0 Å². The van der Waals surface area contributed by atoms with Crippen LogP contribution in [0.5, 0.6) is 0 Å². The van der Waals surface area contributed by atoms with Gasteiger partial charge in [-0.05, 0) is 6.92 Å². The zero-order valence-electron chi connectivity index (χ0n) is 9.91. The lowest BCUT2D eigenvalue weighted by atomic mass is 10.3. The highest BCUT2D eigenvalue weighted by Crippen LogP contribution is 2.35. The molecule has 0 aromatic carbocycles. The van der Waals surface area contributed by atoms with Gasteiger partial charge in [0.15, 0.2) is 5.70 Å². The van der Waals surface area contributed by atoms with Crippen molar-refractivity contribution in [2.24, 2.45) is 0 Å². The first-order chi connectivity index (χ1) is 8.97. The van der Waals surface area contributed by atoms with E-state index in [-0.39, 0.29) is 28.1 Å². The predicted octanol–water partition coefficient (Wildman–Crippen LogP) is 0.696. The van der Waals surface area contributed by atoms with E-state index in [2.05, 4.69) is 0 Å². The van der Waals surface area contributed by atoms with Gasteiger partial charge in [-0.15, -0.1) is 11.8 Å². The van der Waals surface area contributed by atoms with Crippen molar-refractivity contribution in [2.45, 2.75) is 6.92 Å². The second-order valence-corrected chi connectivity index (χ2v) is 6.30. The highest BCUT2D eigenvalue weighted by Gasteiger charge is 2.39. The first-order valence-electron chi connectivity index (χ1n) is 5.36. The summed E-state index contributed by atoms with van der Waals surface area (Å²) in [4.78, 5) is 37.6. The number of carboxylic acids is 1. The molecule has 0 aromatic heterocycles. The largest absolute Gasteiger partial charge is 0.477 e. The van der Waals surface area contributed by atoms with Crippen molar-refractivity contribution < 1.29 is 19.5 Å². The molecule has 102 valence electrons. The van der Waals surface area contributed by atoms with E-state index in [4.69, 9.17) is 12.2 Å². The maximum absolute atomic E-state index is 12.1. The first kappa shape index (κ1) is 14.4. The van der Waals surface area contributed by atoms with Gasteiger partial charge in [-0.3, -0.25) is 19.4 Å². The highest BCUT2D eigenvalue weighted by atomic mass is 32.2. The smallest absolute Gasteiger partial charge is 0.354 e. The summed E-state index contributed by atoms with van der Waals surface area (Å²) in [7, 11) is 0. The Hall–Kier alpha value is -1.06. The van der Waals surface area contributed by atoms with Crippen molar-refractivity contribution >= 4 is 57.8 Å². The minimum Gasteiger partial charge on any atom is -0.477 e. The number of thioether (sulfide) groups is 2. The Morgan fingerprint density at radius 1 is 1.47 bits per heavy atom. The minimum atomic E-state index is -1.28. The van der Waals surface area contributed by atoms with Crippen LogP contribution in [0.25, 0.3) is 0 Å². The lowest BCUT2D eigenvalue weighted by Crippen LogP contribution is -2.33. The summed E-state index contributed by atoms with van der Waals surface area (Å²) in [5, 5.41) is 9.29. The van der Waals surface area contributed by atoms with Crippen molar-refractivity contribution in [3.8, 4) is 0 Å². The summed E-state index contributed by atoms with van der Waals surface area (Å²) in [6.45, 7) is 2.13. The Kier molecular flexibility index (Phi) is 4.16. The van der Waals surface area contributed by atoms with Gasteiger partial charge in [-0.2, -0.15) is 0 Å². The Morgan fingerprint density at radius 2 is 2.16 bits per heavy atom. The number of thiocarbonyl (C=S) groups is 1. The van der Waals surface area contributed by atoms with Crippen LogP contribution < -0.4 is 0 Å². The molecule has 2 heterocycles. The molecule has 9 heteroatoms. The zero-order chi connectivity index (χ0) is 14.2. The van der Waals surface area contributed by atoms with Gasteiger partial charge in [0.1, 0.15) is 9.23 Å². The lowest BCUT2D eigenvalue weighted by Gasteiger charge is -2.16. The van der Waals surface area contributed by atoms with Gasteiger partial charge in [0.2, 0.25) is 5.91 Å². The highest BCUT2D eigenvalue weighted by molar-refractivity contribution is 8.26. The van der Waals surface area contributed by atoms with Gasteiger partial charge in [0.25, 0.3) is 5.91 Å². The number of carbonyl (C=O) groups is 3. The molecule has 6 nitrogen and oxygen atoms in total. The molecule has 2 aliphatic heterocycles. The standard InChI is InChI=1S/C10H10N2O4S3/c1-2-11-8(14)7(19-10(11)17)6(9(15)16)12-4-18-3-5(12)13/h2-4H2,1H3,(H,15,16). The molecule has 0 radical (unpaired) electrons. The van der Waals surface area contributed by atoms with Crippen molar-refractivity contribution in [2.75, 3.05) is 18.2 Å². The van der Waals surface area contributed by atoms with Gasteiger partial charge in [-0.25, -0.2) is 4.79 Å². The van der Waals surface area contributed by atoms with Crippen LogP contribution in [0.4, 0.5) is 0 Å². The molecule has 0 spiro atoms. The van der Waals surface area contributed by atoms with Crippen molar-refractivity contribution in [3.63, 3.8) is 0 Å².